The Kier molecular flexibility index (Phi) is 6.64. The van der Waals surface area contributed by atoms with E-state index in [1.807, 2.05) is 4.90 Å². The summed E-state index contributed by atoms with van der Waals surface area (Å²) in [5.74, 6) is -0.0745. The van der Waals surface area contributed by atoms with Crippen molar-refractivity contribution in [1.82, 2.24) is 9.80 Å². The quantitative estimate of drug-likeness (QED) is 0.720. The lowest BCUT2D eigenvalue weighted by Gasteiger charge is -2.29. The molecular formula is C19H25F3N2O. The molecule has 25 heavy (non-hydrogen) atoms. The minimum atomic E-state index is -4.34. The lowest BCUT2D eigenvalue weighted by Crippen LogP contribution is -2.42. The number of benzene rings is 1. The molecule has 138 valence electrons. The molecule has 3 nitrogen and oxygen atoms in total. The van der Waals surface area contributed by atoms with Gasteiger partial charge in [-0.2, -0.15) is 13.2 Å². The van der Waals surface area contributed by atoms with Crippen molar-refractivity contribution in [2.75, 3.05) is 26.2 Å². The van der Waals surface area contributed by atoms with Crippen molar-refractivity contribution in [3.63, 3.8) is 0 Å². The van der Waals surface area contributed by atoms with E-state index in [2.05, 4.69) is 18.7 Å². The van der Waals surface area contributed by atoms with Crippen molar-refractivity contribution in [2.45, 2.75) is 38.9 Å². The maximum atomic E-state index is 12.6. The third-order valence-corrected chi connectivity index (χ3v) is 4.68. The van der Waals surface area contributed by atoms with E-state index in [0.717, 1.165) is 51.2 Å². The molecule has 0 aliphatic carbocycles. The van der Waals surface area contributed by atoms with Gasteiger partial charge in [0.15, 0.2) is 0 Å². The number of alkyl halides is 3. The van der Waals surface area contributed by atoms with Gasteiger partial charge in [-0.3, -0.25) is 4.79 Å². The van der Waals surface area contributed by atoms with E-state index < -0.39 is 11.7 Å². The lowest BCUT2D eigenvalue weighted by atomic mass is 10.1. The Balaban J connectivity index is 1.99. The first-order valence-electron chi connectivity index (χ1n) is 8.73. The maximum absolute atomic E-state index is 12.6. The predicted octanol–water partition coefficient (Wildman–Crippen LogP) is 4.05. The van der Waals surface area contributed by atoms with E-state index in [1.165, 1.54) is 18.2 Å². The molecule has 0 bridgehead atoms. The normalized spacial score (nSPS) is 18.5. The second-order valence-corrected chi connectivity index (χ2v) is 6.27. The van der Waals surface area contributed by atoms with Gasteiger partial charge in [0.25, 0.3) is 0 Å². The molecule has 0 aromatic heterocycles. The zero-order valence-corrected chi connectivity index (χ0v) is 14.7. The number of nitrogens with zero attached hydrogens (tertiary/aromatic N) is 2. The molecule has 6 heteroatoms. The highest BCUT2D eigenvalue weighted by Gasteiger charge is 2.30. The van der Waals surface area contributed by atoms with Crippen molar-refractivity contribution >= 4 is 12.0 Å². The van der Waals surface area contributed by atoms with Crippen LogP contribution in [0.4, 0.5) is 13.2 Å². The number of amides is 1. The van der Waals surface area contributed by atoms with Crippen LogP contribution in [0.2, 0.25) is 0 Å². The van der Waals surface area contributed by atoms with E-state index in [-0.39, 0.29) is 11.9 Å². The van der Waals surface area contributed by atoms with E-state index >= 15 is 0 Å². The number of carbonyl (C=O) groups excluding carboxylic acids is 1. The van der Waals surface area contributed by atoms with Gasteiger partial charge in [-0.25, -0.2) is 0 Å². The van der Waals surface area contributed by atoms with Gasteiger partial charge >= 0.3 is 6.18 Å². The highest BCUT2D eigenvalue weighted by Crippen LogP contribution is 2.29. The summed E-state index contributed by atoms with van der Waals surface area (Å²) in [6, 6.07) is 5.03. The monoisotopic (exact) mass is 354 g/mol. The first-order chi connectivity index (χ1) is 11.8. The van der Waals surface area contributed by atoms with Crippen LogP contribution in [-0.2, 0) is 11.0 Å². The first kappa shape index (κ1) is 19.5. The second-order valence-electron chi connectivity index (χ2n) is 6.27. The minimum Gasteiger partial charge on any atom is -0.335 e. The molecule has 1 heterocycles. The second kappa shape index (κ2) is 8.52. The van der Waals surface area contributed by atoms with E-state index in [1.54, 1.807) is 6.08 Å². The molecule has 1 aliphatic heterocycles. The fourth-order valence-electron chi connectivity index (χ4n) is 3.14. The summed E-state index contributed by atoms with van der Waals surface area (Å²) in [6.45, 7) is 7.73. The fourth-order valence-corrected chi connectivity index (χ4v) is 3.14. The third-order valence-electron chi connectivity index (χ3n) is 4.68. The Bertz CT molecular complexity index is 592. The summed E-state index contributed by atoms with van der Waals surface area (Å²) in [4.78, 5) is 16.6. The number of halogens is 3. The fraction of sp³-hybridized carbons (Fsp3) is 0.526. The van der Waals surface area contributed by atoms with Crippen LogP contribution in [0, 0.1) is 0 Å². The van der Waals surface area contributed by atoms with Crippen molar-refractivity contribution < 1.29 is 18.0 Å². The minimum absolute atomic E-state index is 0.0745. The lowest BCUT2D eigenvalue weighted by molar-refractivity contribution is -0.137. The standard InChI is InChI=1S/C19H25F3N2O/c1-3-23(4-2)14-17-6-5-13-24(17)18(25)12-9-15-7-10-16(11-8-15)19(20,21)22/h7-12,17H,3-6,13-14H2,1-2H3/t17-/m0/s1. The van der Waals surface area contributed by atoms with Crippen molar-refractivity contribution in [1.29, 1.82) is 0 Å². The summed E-state index contributed by atoms with van der Waals surface area (Å²) in [5, 5.41) is 0. The van der Waals surface area contributed by atoms with Gasteiger partial charge in [-0.05, 0) is 49.7 Å². The molecule has 1 fully saturated rings. The van der Waals surface area contributed by atoms with Crippen LogP contribution in [0.1, 0.15) is 37.8 Å². The molecule has 2 rings (SSSR count). The summed E-state index contributed by atoms with van der Waals surface area (Å²) >= 11 is 0. The van der Waals surface area contributed by atoms with Crippen LogP contribution >= 0.6 is 0 Å². The molecule has 1 atom stereocenters. The van der Waals surface area contributed by atoms with Crippen LogP contribution in [0.5, 0.6) is 0 Å². The molecule has 1 saturated heterocycles. The highest BCUT2D eigenvalue weighted by atomic mass is 19.4. The predicted molar refractivity (Wildman–Crippen MR) is 93.0 cm³/mol. The van der Waals surface area contributed by atoms with Crippen molar-refractivity contribution in [3.8, 4) is 0 Å². The molecule has 1 aromatic rings. The number of likely N-dealkylation sites (tertiary alicyclic amines) is 1. The number of likely N-dealkylation sites (N-methyl/N-ethyl adjacent to an activating group) is 1. The zero-order valence-electron chi connectivity index (χ0n) is 14.7. The number of rotatable bonds is 6. The molecule has 0 saturated carbocycles. The van der Waals surface area contributed by atoms with Crippen LogP contribution in [0.3, 0.4) is 0 Å². The molecule has 0 unspecified atom stereocenters. The number of hydrogen-bond donors (Lipinski definition) is 0. The number of carbonyl (C=O) groups is 1. The molecule has 1 aromatic carbocycles. The van der Waals surface area contributed by atoms with E-state index in [9.17, 15) is 18.0 Å². The summed E-state index contributed by atoms with van der Waals surface area (Å²) in [7, 11) is 0. The van der Waals surface area contributed by atoms with Gasteiger partial charge in [0, 0.05) is 25.2 Å². The third kappa shape index (κ3) is 5.33. The van der Waals surface area contributed by atoms with Crippen molar-refractivity contribution in [3.05, 3.63) is 41.5 Å². The molecular weight excluding hydrogens is 329 g/mol. The summed E-state index contributed by atoms with van der Waals surface area (Å²) in [5.41, 5.74) is -0.101. The van der Waals surface area contributed by atoms with Gasteiger partial charge < -0.3 is 9.80 Å². The first-order valence-corrected chi connectivity index (χ1v) is 8.73. The molecule has 1 aliphatic rings. The van der Waals surface area contributed by atoms with Gasteiger partial charge in [0.05, 0.1) is 5.56 Å². The smallest absolute Gasteiger partial charge is 0.335 e. The molecule has 0 radical (unpaired) electrons. The summed E-state index contributed by atoms with van der Waals surface area (Å²) < 4.78 is 37.7. The Morgan fingerprint density at radius 1 is 1.24 bits per heavy atom. The maximum Gasteiger partial charge on any atom is 0.416 e. The topological polar surface area (TPSA) is 23.6 Å². The average Bonchev–Trinajstić information content (AvgIpc) is 3.05. The Morgan fingerprint density at radius 2 is 1.88 bits per heavy atom. The van der Waals surface area contributed by atoms with Crippen molar-refractivity contribution in [2.24, 2.45) is 0 Å². The van der Waals surface area contributed by atoms with Gasteiger partial charge in [0.2, 0.25) is 5.91 Å². The average molecular weight is 354 g/mol. The Hall–Kier alpha value is -1.82. The van der Waals surface area contributed by atoms with Gasteiger partial charge in [-0.15, -0.1) is 0 Å². The van der Waals surface area contributed by atoms with E-state index in [4.69, 9.17) is 0 Å². The van der Waals surface area contributed by atoms with Crippen LogP contribution in [-0.4, -0.2) is 47.9 Å². The number of hydrogen-bond acceptors (Lipinski definition) is 2. The largest absolute Gasteiger partial charge is 0.416 e. The summed E-state index contributed by atoms with van der Waals surface area (Å²) in [6.07, 6.45) is 0.686. The zero-order chi connectivity index (χ0) is 18.4. The SMILES string of the molecule is CCN(CC)C[C@@H]1CCCN1C(=O)C=Cc1ccc(C(F)(F)F)cc1. The van der Waals surface area contributed by atoms with Gasteiger partial charge in [-0.1, -0.05) is 26.0 Å². The molecule has 0 N–H and O–H groups in total. The van der Waals surface area contributed by atoms with E-state index in [0.29, 0.717) is 5.56 Å². The Labute approximate surface area is 147 Å². The van der Waals surface area contributed by atoms with Crippen LogP contribution in [0.15, 0.2) is 30.3 Å². The van der Waals surface area contributed by atoms with Gasteiger partial charge in [0.1, 0.15) is 0 Å². The highest BCUT2D eigenvalue weighted by molar-refractivity contribution is 5.92. The van der Waals surface area contributed by atoms with Crippen LogP contribution in [0.25, 0.3) is 6.08 Å². The molecule has 0 spiro atoms. The molecule has 1 amide bonds. The van der Waals surface area contributed by atoms with Crippen LogP contribution < -0.4 is 0 Å². The Morgan fingerprint density at radius 3 is 2.44 bits per heavy atom.